The number of hydrogen-bond donors (Lipinski definition) is 0. The second kappa shape index (κ2) is 9.13. The second-order valence-corrected chi connectivity index (χ2v) is 7.65. The van der Waals surface area contributed by atoms with Gasteiger partial charge in [-0.05, 0) is 56.0 Å². The number of piperidine rings is 1. The van der Waals surface area contributed by atoms with E-state index in [4.69, 9.17) is 0 Å². The summed E-state index contributed by atoms with van der Waals surface area (Å²) < 4.78 is 0. The second-order valence-electron chi connectivity index (χ2n) is 7.65. The number of aromatic nitrogens is 1. The molecule has 1 fully saturated rings. The first-order valence-electron chi connectivity index (χ1n) is 9.95. The van der Waals surface area contributed by atoms with E-state index < -0.39 is 0 Å². The maximum Gasteiger partial charge on any atom is 0.222 e. The van der Waals surface area contributed by atoms with E-state index in [1.165, 1.54) is 10.9 Å². The highest BCUT2D eigenvalue weighted by atomic mass is 16.2. The molecular formula is C22H31N3O. The minimum absolute atomic E-state index is 0.350. The average Bonchev–Trinajstić information content (AvgIpc) is 2.66. The van der Waals surface area contributed by atoms with Crippen LogP contribution in [0.3, 0.4) is 0 Å². The Kier molecular flexibility index (Phi) is 6.62. The lowest BCUT2D eigenvalue weighted by Crippen LogP contribution is -2.40. The number of fused-ring (bicyclic) bond motifs is 1. The van der Waals surface area contributed by atoms with Gasteiger partial charge in [-0.2, -0.15) is 0 Å². The van der Waals surface area contributed by atoms with Crippen molar-refractivity contribution in [3.8, 4) is 0 Å². The van der Waals surface area contributed by atoms with Gasteiger partial charge in [-0.15, -0.1) is 0 Å². The molecule has 1 aromatic heterocycles. The summed E-state index contributed by atoms with van der Waals surface area (Å²) in [6.07, 6.45) is 6.93. The SMILES string of the molecule is CCCCC(=O)N1CCC(CN(C)Cc2ccc3ncccc3c2)CC1. The van der Waals surface area contributed by atoms with Crippen molar-refractivity contribution >= 4 is 16.8 Å². The highest BCUT2D eigenvalue weighted by Crippen LogP contribution is 2.21. The number of amides is 1. The van der Waals surface area contributed by atoms with Gasteiger partial charge in [-0.1, -0.05) is 25.5 Å². The van der Waals surface area contributed by atoms with Crippen molar-refractivity contribution in [2.45, 2.75) is 45.6 Å². The molecule has 4 nitrogen and oxygen atoms in total. The van der Waals surface area contributed by atoms with Crippen LogP contribution in [0.5, 0.6) is 0 Å². The molecule has 26 heavy (non-hydrogen) atoms. The summed E-state index contributed by atoms with van der Waals surface area (Å²) in [7, 11) is 2.20. The molecule has 0 radical (unpaired) electrons. The summed E-state index contributed by atoms with van der Waals surface area (Å²) in [5.74, 6) is 1.04. The van der Waals surface area contributed by atoms with Gasteiger partial charge in [0.2, 0.25) is 5.91 Å². The number of carbonyl (C=O) groups is 1. The third kappa shape index (κ3) is 5.04. The Balaban J connectivity index is 1.46. The number of rotatable bonds is 7. The van der Waals surface area contributed by atoms with E-state index in [0.717, 1.165) is 63.8 Å². The molecule has 0 saturated carbocycles. The maximum absolute atomic E-state index is 12.1. The first kappa shape index (κ1) is 18.8. The van der Waals surface area contributed by atoms with E-state index in [0.29, 0.717) is 11.8 Å². The van der Waals surface area contributed by atoms with Crippen LogP contribution in [0.15, 0.2) is 36.5 Å². The van der Waals surface area contributed by atoms with Crippen LogP contribution in [0.1, 0.15) is 44.6 Å². The fraction of sp³-hybridized carbons (Fsp3) is 0.545. The van der Waals surface area contributed by atoms with Crippen molar-refractivity contribution in [1.82, 2.24) is 14.8 Å². The van der Waals surface area contributed by atoms with Crippen LogP contribution in [0.25, 0.3) is 10.9 Å². The van der Waals surface area contributed by atoms with Crippen LogP contribution in [0.4, 0.5) is 0 Å². The van der Waals surface area contributed by atoms with E-state index in [1.54, 1.807) is 0 Å². The zero-order valence-electron chi connectivity index (χ0n) is 16.2. The Hall–Kier alpha value is -1.94. The third-order valence-corrected chi connectivity index (χ3v) is 5.40. The van der Waals surface area contributed by atoms with Crippen LogP contribution in [-0.2, 0) is 11.3 Å². The lowest BCUT2D eigenvalue weighted by Gasteiger charge is -2.34. The molecule has 0 spiro atoms. The molecule has 0 N–H and O–H groups in total. The molecule has 2 aromatic rings. The van der Waals surface area contributed by atoms with Gasteiger partial charge in [0.05, 0.1) is 5.52 Å². The largest absolute Gasteiger partial charge is 0.343 e. The Labute approximate surface area is 157 Å². The molecule has 1 saturated heterocycles. The van der Waals surface area contributed by atoms with Crippen molar-refractivity contribution in [1.29, 1.82) is 0 Å². The van der Waals surface area contributed by atoms with Crippen molar-refractivity contribution < 1.29 is 4.79 Å². The van der Waals surface area contributed by atoms with Crippen LogP contribution < -0.4 is 0 Å². The van der Waals surface area contributed by atoms with Crippen LogP contribution in [0.2, 0.25) is 0 Å². The van der Waals surface area contributed by atoms with Gasteiger partial charge < -0.3 is 9.80 Å². The normalized spacial score (nSPS) is 15.7. The summed E-state index contributed by atoms with van der Waals surface area (Å²) in [6.45, 7) is 6.06. The highest BCUT2D eigenvalue weighted by molar-refractivity contribution is 5.78. The zero-order valence-corrected chi connectivity index (χ0v) is 16.2. The first-order chi connectivity index (χ1) is 12.7. The number of carbonyl (C=O) groups excluding carboxylic acids is 1. The van der Waals surface area contributed by atoms with Gasteiger partial charge in [0.15, 0.2) is 0 Å². The zero-order chi connectivity index (χ0) is 18.4. The van der Waals surface area contributed by atoms with Gasteiger partial charge in [0.25, 0.3) is 0 Å². The topological polar surface area (TPSA) is 36.4 Å². The Morgan fingerprint density at radius 3 is 2.85 bits per heavy atom. The first-order valence-corrected chi connectivity index (χ1v) is 9.95. The van der Waals surface area contributed by atoms with Crippen LogP contribution >= 0.6 is 0 Å². The number of nitrogens with zero attached hydrogens (tertiary/aromatic N) is 3. The molecule has 1 aromatic carbocycles. The van der Waals surface area contributed by atoms with Crippen molar-refractivity contribution in [3.05, 3.63) is 42.1 Å². The molecule has 0 bridgehead atoms. The van der Waals surface area contributed by atoms with Crippen molar-refractivity contribution in [2.75, 3.05) is 26.7 Å². The van der Waals surface area contributed by atoms with E-state index in [1.807, 2.05) is 12.3 Å². The molecule has 4 heteroatoms. The summed E-state index contributed by atoms with van der Waals surface area (Å²) in [6, 6.07) is 10.6. The van der Waals surface area contributed by atoms with Crippen molar-refractivity contribution in [3.63, 3.8) is 0 Å². The Morgan fingerprint density at radius 2 is 2.08 bits per heavy atom. The monoisotopic (exact) mass is 353 g/mol. The molecule has 140 valence electrons. The number of hydrogen-bond acceptors (Lipinski definition) is 3. The van der Waals surface area contributed by atoms with Crippen LogP contribution in [0, 0.1) is 5.92 Å². The minimum Gasteiger partial charge on any atom is -0.343 e. The van der Waals surface area contributed by atoms with Crippen LogP contribution in [-0.4, -0.2) is 47.4 Å². The van der Waals surface area contributed by atoms with E-state index in [9.17, 15) is 4.79 Å². The molecule has 1 aliphatic heterocycles. The van der Waals surface area contributed by atoms with Gasteiger partial charge >= 0.3 is 0 Å². The summed E-state index contributed by atoms with van der Waals surface area (Å²) in [4.78, 5) is 21.0. The molecule has 0 aliphatic carbocycles. The van der Waals surface area contributed by atoms with Gasteiger partial charge in [-0.3, -0.25) is 9.78 Å². The van der Waals surface area contributed by atoms with Gasteiger partial charge in [-0.25, -0.2) is 0 Å². The number of unbranched alkanes of at least 4 members (excludes halogenated alkanes) is 1. The summed E-state index contributed by atoms with van der Waals surface area (Å²) >= 11 is 0. The lowest BCUT2D eigenvalue weighted by atomic mass is 9.95. The smallest absolute Gasteiger partial charge is 0.222 e. The molecule has 3 rings (SSSR count). The van der Waals surface area contributed by atoms with Gasteiger partial charge in [0, 0.05) is 44.2 Å². The summed E-state index contributed by atoms with van der Waals surface area (Å²) in [5, 5.41) is 1.21. The van der Waals surface area contributed by atoms with E-state index >= 15 is 0 Å². The third-order valence-electron chi connectivity index (χ3n) is 5.40. The quantitative estimate of drug-likeness (QED) is 0.752. The summed E-state index contributed by atoms with van der Waals surface area (Å²) in [5.41, 5.74) is 2.39. The Bertz CT molecular complexity index is 722. The molecule has 0 atom stereocenters. The highest BCUT2D eigenvalue weighted by Gasteiger charge is 2.23. The van der Waals surface area contributed by atoms with E-state index in [2.05, 4.69) is 53.0 Å². The molecule has 0 unspecified atom stereocenters. The maximum atomic E-state index is 12.1. The average molecular weight is 354 g/mol. The van der Waals surface area contributed by atoms with E-state index in [-0.39, 0.29) is 0 Å². The Morgan fingerprint density at radius 1 is 1.27 bits per heavy atom. The standard InChI is InChI=1S/C22H31N3O/c1-3-4-7-22(26)25-13-10-18(11-14-25)16-24(2)17-19-8-9-21-20(15-19)6-5-12-23-21/h5-6,8-9,12,15,18H,3-4,7,10-11,13-14,16-17H2,1-2H3. The predicted molar refractivity (Wildman–Crippen MR) is 107 cm³/mol. The fourth-order valence-corrected chi connectivity index (χ4v) is 3.89. The number of likely N-dealkylation sites (tertiary alicyclic amines) is 1. The van der Waals surface area contributed by atoms with Crippen molar-refractivity contribution in [2.24, 2.45) is 5.92 Å². The lowest BCUT2D eigenvalue weighted by molar-refractivity contribution is -0.132. The molecule has 1 amide bonds. The number of pyridine rings is 1. The van der Waals surface area contributed by atoms with Gasteiger partial charge in [0.1, 0.15) is 0 Å². The molecular weight excluding hydrogens is 322 g/mol. The molecule has 2 heterocycles. The number of benzene rings is 1. The minimum atomic E-state index is 0.350. The molecule has 1 aliphatic rings. The fourth-order valence-electron chi connectivity index (χ4n) is 3.89. The predicted octanol–water partition coefficient (Wildman–Crippen LogP) is 4.10.